The summed E-state index contributed by atoms with van der Waals surface area (Å²) in [4.78, 5) is 25.5. The monoisotopic (exact) mass is 500 g/mol. The van der Waals surface area contributed by atoms with E-state index in [4.69, 9.17) is 5.11 Å². The summed E-state index contributed by atoms with van der Waals surface area (Å²) in [6.45, 7) is -1.98. The number of hydrogen-bond donors (Lipinski definition) is 2. The summed E-state index contributed by atoms with van der Waals surface area (Å²) < 4.78 is 84.3. The van der Waals surface area contributed by atoms with Gasteiger partial charge in [0.05, 0.1) is 5.56 Å². The van der Waals surface area contributed by atoms with Crippen molar-refractivity contribution in [1.82, 2.24) is 10.2 Å². The van der Waals surface area contributed by atoms with Gasteiger partial charge in [-0.1, -0.05) is 6.42 Å². The number of ether oxygens (including phenoxy) is 2. The van der Waals surface area contributed by atoms with Crippen molar-refractivity contribution in [1.29, 1.82) is 0 Å². The van der Waals surface area contributed by atoms with E-state index in [0.29, 0.717) is 19.5 Å². The Kier molecular flexibility index (Phi) is 9.83. The fourth-order valence-corrected chi connectivity index (χ4v) is 3.55. The van der Waals surface area contributed by atoms with Crippen LogP contribution in [0, 0.1) is 0 Å². The zero-order chi connectivity index (χ0) is 25.4. The largest absolute Gasteiger partial charge is 0.484 e. The van der Waals surface area contributed by atoms with Crippen molar-refractivity contribution in [3.63, 3.8) is 0 Å². The number of hydrogen-bond acceptors (Lipinski definition) is 5. The smallest absolute Gasteiger partial charge is 0.422 e. The number of benzene rings is 1. The van der Waals surface area contributed by atoms with Crippen LogP contribution in [-0.2, 0) is 4.79 Å². The Morgan fingerprint density at radius 3 is 2.38 bits per heavy atom. The van der Waals surface area contributed by atoms with Crippen LogP contribution in [0.3, 0.4) is 0 Å². The SMILES string of the molecule is O=C(O)CCCN1CCCCC1CNC(=O)c1cc(OCC(F)(F)F)ccc1OCC(F)(F)F. The molecular formula is C21H26F6N2O5. The van der Waals surface area contributed by atoms with Gasteiger partial charge < -0.3 is 19.9 Å². The minimum absolute atomic E-state index is 0.000200. The van der Waals surface area contributed by atoms with E-state index in [9.17, 15) is 35.9 Å². The lowest BCUT2D eigenvalue weighted by molar-refractivity contribution is -0.154. The number of alkyl halides is 6. The molecule has 1 unspecified atom stereocenters. The molecule has 1 atom stereocenters. The standard InChI is InChI=1S/C21H26F6N2O5/c22-20(23,24)12-33-15-6-7-17(34-13-21(25,26)27)16(10-15)19(32)28-11-14-4-1-2-8-29(14)9-3-5-18(30)31/h6-7,10,14H,1-5,8-9,11-13H2,(H,28,32)(H,30,31). The molecule has 0 aliphatic carbocycles. The average Bonchev–Trinajstić information content (AvgIpc) is 2.74. The van der Waals surface area contributed by atoms with Gasteiger partial charge in [0.1, 0.15) is 11.5 Å². The number of nitrogens with zero attached hydrogens (tertiary/aromatic N) is 1. The van der Waals surface area contributed by atoms with Crippen LogP contribution in [-0.4, -0.2) is 73.1 Å². The quantitative estimate of drug-likeness (QED) is 0.447. The van der Waals surface area contributed by atoms with Crippen molar-refractivity contribution in [2.45, 2.75) is 50.5 Å². The molecule has 1 amide bonds. The first-order valence-electron chi connectivity index (χ1n) is 10.6. The molecule has 2 rings (SSSR count). The predicted molar refractivity (Wildman–Crippen MR) is 108 cm³/mol. The fraction of sp³-hybridized carbons (Fsp3) is 0.619. The Bertz CT molecular complexity index is 831. The molecule has 1 fully saturated rings. The lowest BCUT2D eigenvalue weighted by atomic mass is 10.0. The van der Waals surface area contributed by atoms with E-state index in [2.05, 4.69) is 14.8 Å². The van der Waals surface area contributed by atoms with Crippen LogP contribution >= 0.6 is 0 Å². The van der Waals surface area contributed by atoms with Gasteiger partial charge in [-0.05, 0) is 50.6 Å². The Hall–Kier alpha value is -2.70. The van der Waals surface area contributed by atoms with Crippen LogP contribution in [0.15, 0.2) is 18.2 Å². The van der Waals surface area contributed by atoms with Gasteiger partial charge in [0.15, 0.2) is 13.2 Å². The van der Waals surface area contributed by atoms with Gasteiger partial charge in [0, 0.05) is 19.0 Å². The lowest BCUT2D eigenvalue weighted by Crippen LogP contribution is -2.47. The molecule has 2 N–H and O–H groups in total. The molecule has 0 saturated carbocycles. The van der Waals surface area contributed by atoms with Crippen LogP contribution < -0.4 is 14.8 Å². The Morgan fingerprint density at radius 2 is 1.74 bits per heavy atom. The average molecular weight is 500 g/mol. The van der Waals surface area contributed by atoms with E-state index in [1.165, 1.54) is 0 Å². The zero-order valence-corrected chi connectivity index (χ0v) is 18.2. The highest BCUT2D eigenvalue weighted by molar-refractivity contribution is 5.97. The summed E-state index contributed by atoms with van der Waals surface area (Å²) >= 11 is 0. The topological polar surface area (TPSA) is 88.1 Å². The normalized spacial score (nSPS) is 17.3. The van der Waals surface area contributed by atoms with Crippen LogP contribution in [0.2, 0.25) is 0 Å². The van der Waals surface area contributed by atoms with E-state index in [0.717, 1.165) is 37.5 Å². The van der Waals surface area contributed by atoms with Gasteiger partial charge in [-0.3, -0.25) is 14.5 Å². The van der Waals surface area contributed by atoms with E-state index in [-0.39, 0.29) is 24.8 Å². The molecule has 0 bridgehead atoms. The van der Waals surface area contributed by atoms with Crippen LogP contribution in [0.4, 0.5) is 26.3 Å². The second-order valence-electron chi connectivity index (χ2n) is 7.86. The number of piperidine rings is 1. The van der Waals surface area contributed by atoms with Gasteiger partial charge in [-0.2, -0.15) is 26.3 Å². The molecule has 1 aromatic rings. The highest BCUT2D eigenvalue weighted by Crippen LogP contribution is 2.28. The molecule has 7 nitrogen and oxygen atoms in total. The van der Waals surface area contributed by atoms with Crippen LogP contribution in [0.5, 0.6) is 11.5 Å². The molecule has 0 aromatic heterocycles. The summed E-state index contributed by atoms with van der Waals surface area (Å²) in [5.41, 5.74) is -0.392. The highest BCUT2D eigenvalue weighted by atomic mass is 19.4. The third-order valence-electron chi connectivity index (χ3n) is 5.07. The van der Waals surface area contributed by atoms with E-state index in [1.54, 1.807) is 0 Å². The lowest BCUT2D eigenvalue weighted by Gasteiger charge is -2.35. The number of carbonyl (C=O) groups is 2. The second kappa shape index (κ2) is 12.1. The first-order valence-corrected chi connectivity index (χ1v) is 10.6. The van der Waals surface area contributed by atoms with Gasteiger partial charge in [0.25, 0.3) is 5.91 Å². The third kappa shape index (κ3) is 10.1. The van der Waals surface area contributed by atoms with Crippen molar-refractivity contribution >= 4 is 11.9 Å². The number of rotatable bonds is 11. The Balaban J connectivity index is 2.09. The Morgan fingerprint density at radius 1 is 1.06 bits per heavy atom. The number of likely N-dealkylation sites (tertiary alicyclic amines) is 1. The number of carbonyl (C=O) groups excluding carboxylic acids is 1. The fourth-order valence-electron chi connectivity index (χ4n) is 3.55. The number of nitrogens with one attached hydrogen (secondary N) is 1. The first-order chi connectivity index (χ1) is 15.8. The summed E-state index contributed by atoms with van der Waals surface area (Å²) in [6, 6.07) is 2.72. The summed E-state index contributed by atoms with van der Waals surface area (Å²) in [6.07, 6.45) is -6.38. The van der Waals surface area contributed by atoms with Gasteiger partial charge in [0.2, 0.25) is 0 Å². The van der Waals surface area contributed by atoms with Crippen LogP contribution in [0.1, 0.15) is 42.5 Å². The van der Waals surface area contributed by atoms with Crippen molar-refractivity contribution in [2.75, 3.05) is 32.8 Å². The molecule has 192 valence electrons. The maximum atomic E-state index is 12.7. The summed E-state index contributed by atoms with van der Waals surface area (Å²) in [5.74, 6) is -2.54. The molecule has 1 aliphatic heterocycles. The first kappa shape index (κ1) is 27.5. The number of amides is 1. The van der Waals surface area contributed by atoms with E-state index < -0.39 is 48.8 Å². The molecule has 1 aliphatic rings. The van der Waals surface area contributed by atoms with E-state index in [1.807, 2.05) is 4.90 Å². The maximum absolute atomic E-state index is 12.7. The van der Waals surface area contributed by atoms with Crippen molar-refractivity contribution in [2.24, 2.45) is 0 Å². The number of aliphatic carboxylic acids is 1. The number of carboxylic acids is 1. The summed E-state index contributed by atoms with van der Waals surface area (Å²) in [5, 5.41) is 11.4. The summed E-state index contributed by atoms with van der Waals surface area (Å²) in [7, 11) is 0. The van der Waals surface area contributed by atoms with Gasteiger partial charge in [-0.25, -0.2) is 0 Å². The molecule has 0 radical (unpaired) electrons. The zero-order valence-electron chi connectivity index (χ0n) is 18.2. The van der Waals surface area contributed by atoms with Crippen LogP contribution in [0.25, 0.3) is 0 Å². The second-order valence-corrected chi connectivity index (χ2v) is 7.86. The third-order valence-corrected chi connectivity index (χ3v) is 5.07. The number of halogens is 6. The van der Waals surface area contributed by atoms with Crippen molar-refractivity contribution < 1.29 is 50.5 Å². The van der Waals surface area contributed by atoms with E-state index >= 15 is 0 Å². The molecular weight excluding hydrogens is 474 g/mol. The van der Waals surface area contributed by atoms with Gasteiger partial charge >= 0.3 is 18.3 Å². The molecule has 13 heteroatoms. The molecule has 1 saturated heterocycles. The molecule has 1 heterocycles. The molecule has 34 heavy (non-hydrogen) atoms. The maximum Gasteiger partial charge on any atom is 0.422 e. The van der Waals surface area contributed by atoms with Gasteiger partial charge in [-0.15, -0.1) is 0 Å². The molecule has 1 aromatic carbocycles. The highest BCUT2D eigenvalue weighted by Gasteiger charge is 2.31. The predicted octanol–water partition coefficient (Wildman–Crippen LogP) is 4.02. The number of carboxylic acid groups (broad SMARTS) is 1. The van der Waals surface area contributed by atoms with Crippen molar-refractivity contribution in [3.05, 3.63) is 23.8 Å². The van der Waals surface area contributed by atoms with Crippen molar-refractivity contribution in [3.8, 4) is 11.5 Å². The molecule has 0 spiro atoms. The Labute approximate surface area is 192 Å². The minimum Gasteiger partial charge on any atom is -0.484 e. The minimum atomic E-state index is -4.68.